The molecular formula is C19H27N3O. The van der Waals surface area contributed by atoms with Crippen molar-refractivity contribution in [2.45, 2.75) is 38.1 Å². The molecule has 1 aliphatic carbocycles. The van der Waals surface area contributed by atoms with Gasteiger partial charge >= 0.3 is 0 Å². The number of amides is 1. The molecule has 4 nitrogen and oxygen atoms in total. The van der Waals surface area contributed by atoms with Crippen molar-refractivity contribution in [3.63, 3.8) is 0 Å². The smallest absolute Gasteiger partial charge is 0.234 e. The molecule has 1 N–H and O–H groups in total. The van der Waals surface area contributed by atoms with Gasteiger partial charge in [0.25, 0.3) is 0 Å². The van der Waals surface area contributed by atoms with E-state index in [1.54, 1.807) is 0 Å². The molecule has 2 heterocycles. The molecule has 1 saturated carbocycles. The highest BCUT2D eigenvalue weighted by atomic mass is 16.2. The summed E-state index contributed by atoms with van der Waals surface area (Å²) in [6, 6.07) is 9.30. The summed E-state index contributed by atoms with van der Waals surface area (Å²) in [5.74, 6) is 0.989. The average Bonchev–Trinajstić information content (AvgIpc) is 3.28. The molecule has 0 radical (unpaired) electrons. The molecule has 0 spiro atoms. The Balaban J connectivity index is 1.23. The van der Waals surface area contributed by atoms with Crippen molar-refractivity contribution in [3.8, 4) is 0 Å². The number of carbonyl (C=O) groups is 1. The van der Waals surface area contributed by atoms with Gasteiger partial charge in [-0.15, -0.1) is 0 Å². The number of fused-ring (bicyclic) bond motifs is 1. The summed E-state index contributed by atoms with van der Waals surface area (Å²) in [7, 11) is 0. The molecule has 1 aromatic rings. The second-order valence-electron chi connectivity index (χ2n) is 7.39. The van der Waals surface area contributed by atoms with Crippen molar-refractivity contribution in [3.05, 3.63) is 29.8 Å². The van der Waals surface area contributed by atoms with Gasteiger partial charge in [-0.3, -0.25) is 9.69 Å². The van der Waals surface area contributed by atoms with Crippen molar-refractivity contribution in [1.82, 2.24) is 10.2 Å². The van der Waals surface area contributed by atoms with Crippen LogP contribution in [0.25, 0.3) is 0 Å². The second-order valence-corrected chi connectivity index (χ2v) is 7.39. The number of piperidine rings is 1. The number of likely N-dealkylation sites (tertiary alicyclic amines) is 1. The largest absolute Gasteiger partial charge is 0.371 e. The topological polar surface area (TPSA) is 35.6 Å². The zero-order valence-corrected chi connectivity index (χ0v) is 13.8. The summed E-state index contributed by atoms with van der Waals surface area (Å²) in [6.07, 6.45) is 5.97. The molecular weight excluding hydrogens is 286 g/mol. The molecule has 4 heteroatoms. The maximum absolute atomic E-state index is 11.9. The van der Waals surface area contributed by atoms with Crippen LogP contribution in [0.5, 0.6) is 0 Å². The summed E-state index contributed by atoms with van der Waals surface area (Å²) in [4.78, 5) is 16.8. The Kier molecular flexibility index (Phi) is 4.25. The molecule has 4 rings (SSSR count). The fraction of sp³-hybridized carbons (Fsp3) is 0.632. The summed E-state index contributed by atoms with van der Waals surface area (Å²) < 4.78 is 0. The Bertz CT molecular complexity index is 561. The second kappa shape index (κ2) is 6.52. The molecule has 3 aliphatic rings. The van der Waals surface area contributed by atoms with E-state index in [1.807, 2.05) is 0 Å². The first-order chi connectivity index (χ1) is 11.3. The quantitative estimate of drug-likeness (QED) is 0.903. The number of hydrogen-bond acceptors (Lipinski definition) is 3. The van der Waals surface area contributed by atoms with Gasteiger partial charge < -0.3 is 10.2 Å². The maximum Gasteiger partial charge on any atom is 0.234 e. The third kappa shape index (κ3) is 3.69. The predicted octanol–water partition coefficient (Wildman–Crippen LogP) is 2.04. The molecule has 0 atom stereocenters. The minimum absolute atomic E-state index is 0.222. The number of nitrogens with one attached hydrogen (secondary N) is 1. The zero-order chi connectivity index (χ0) is 15.6. The van der Waals surface area contributed by atoms with Crippen LogP contribution in [0.2, 0.25) is 0 Å². The first-order valence-electron chi connectivity index (χ1n) is 9.12. The maximum atomic E-state index is 11.9. The summed E-state index contributed by atoms with van der Waals surface area (Å²) >= 11 is 0. The summed E-state index contributed by atoms with van der Waals surface area (Å²) in [6.45, 7) is 5.08. The lowest BCUT2D eigenvalue weighted by atomic mass is 9.96. The van der Waals surface area contributed by atoms with Crippen molar-refractivity contribution < 1.29 is 4.79 Å². The lowest BCUT2D eigenvalue weighted by Crippen LogP contribution is -2.43. The van der Waals surface area contributed by atoms with E-state index in [4.69, 9.17) is 0 Å². The van der Waals surface area contributed by atoms with E-state index in [9.17, 15) is 4.79 Å². The van der Waals surface area contributed by atoms with E-state index in [-0.39, 0.29) is 5.91 Å². The van der Waals surface area contributed by atoms with Crippen LogP contribution in [-0.2, 0) is 11.2 Å². The minimum atomic E-state index is 0.222. The monoisotopic (exact) mass is 313 g/mol. The van der Waals surface area contributed by atoms with E-state index in [1.165, 1.54) is 56.4 Å². The zero-order valence-electron chi connectivity index (χ0n) is 13.8. The number of benzene rings is 1. The van der Waals surface area contributed by atoms with Gasteiger partial charge in [0.2, 0.25) is 5.91 Å². The summed E-state index contributed by atoms with van der Waals surface area (Å²) in [5, 5.41) is 3.09. The Morgan fingerprint density at radius 1 is 1.09 bits per heavy atom. The van der Waals surface area contributed by atoms with Crippen LogP contribution < -0.4 is 10.2 Å². The van der Waals surface area contributed by atoms with Crippen LogP contribution in [0.3, 0.4) is 0 Å². The molecule has 0 bridgehead atoms. The fourth-order valence-electron chi connectivity index (χ4n) is 3.94. The van der Waals surface area contributed by atoms with Crippen LogP contribution in [0.15, 0.2) is 24.3 Å². The first-order valence-corrected chi connectivity index (χ1v) is 9.12. The van der Waals surface area contributed by atoms with Crippen LogP contribution in [-0.4, -0.2) is 49.6 Å². The fourth-order valence-corrected chi connectivity index (χ4v) is 3.94. The number of nitrogens with zero attached hydrogens (tertiary/aromatic N) is 2. The Labute approximate surface area is 138 Å². The van der Waals surface area contributed by atoms with Gasteiger partial charge in [0.1, 0.15) is 0 Å². The van der Waals surface area contributed by atoms with Gasteiger partial charge in [0, 0.05) is 24.8 Å². The number of anilines is 1. The molecule has 1 amide bonds. The highest BCUT2D eigenvalue weighted by Crippen LogP contribution is 2.30. The molecule has 0 aromatic heterocycles. The highest BCUT2D eigenvalue weighted by Gasteiger charge is 2.27. The van der Waals surface area contributed by atoms with Crippen molar-refractivity contribution in [2.24, 2.45) is 5.92 Å². The van der Waals surface area contributed by atoms with Gasteiger partial charge in [-0.1, -0.05) is 18.2 Å². The standard InChI is InChI=1S/C19H27N3O/c23-19(20-17-5-6-17)14-21-10-7-15(8-11-21)13-22-12-9-16-3-1-2-4-18(16)22/h1-4,15,17H,5-14H2,(H,20,23). The molecule has 0 unspecified atom stereocenters. The first kappa shape index (κ1) is 15.0. The Hall–Kier alpha value is -1.55. The van der Waals surface area contributed by atoms with Gasteiger partial charge in [-0.05, 0) is 62.7 Å². The number of rotatable bonds is 5. The molecule has 1 aromatic carbocycles. The van der Waals surface area contributed by atoms with Gasteiger partial charge in [-0.2, -0.15) is 0 Å². The minimum Gasteiger partial charge on any atom is -0.371 e. The van der Waals surface area contributed by atoms with Crippen molar-refractivity contribution in [2.75, 3.05) is 37.6 Å². The van der Waals surface area contributed by atoms with E-state index in [0.29, 0.717) is 12.6 Å². The average molecular weight is 313 g/mol. The van der Waals surface area contributed by atoms with E-state index < -0.39 is 0 Å². The molecule has 2 fully saturated rings. The van der Waals surface area contributed by atoms with Crippen LogP contribution in [0, 0.1) is 5.92 Å². The highest BCUT2D eigenvalue weighted by molar-refractivity contribution is 5.78. The lowest BCUT2D eigenvalue weighted by Gasteiger charge is -2.34. The normalized spacial score (nSPS) is 22.2. The number of hydrogen-bond donors (Lipinski definition) is 1. The SMILES string of the molecule is O=C(CN1CCC(CN2CCc3ccccc32)CC1)NC1CC1. The molecule has 23 heavy (non-hydrogen) atoms. The van der Waals surface area contributed by atoms with Crippen molar-refractivity contribution >= 4 is 11.6 Å². The van der Waals surface area contributed by atoms with E-state index in [2.05, 4.69) is 39.4 Å². The van der Waals surface area contributed by atoms with Gasteiger partial charge in [0.05, 0.1) is 6.54 Å². The van der Waals surface area contributed by atoms with Gasteiger partial charge in [0.15, 0.2) is 0 Å². The number of para-hydroxylation sites is 1. The number of carbonyl (C=O) groups excluding carboxylic acids is 1. The van der Waals surface area contributed by atoms with E-state index in [0.717, 1.165) is 19.0 Å². The van der Waals surface area contributed by atoms with Gasteiger partial charge in [-0.25, -0.2) is 0 Å². The van der Waals surface area contributed by atoms with E-state index >= 15 is 0 Å². The third-order valence-corrected chi connectivity index (χ3v) is 5.48. The molecule has 1 saturated heterocycles. The Morgan fingerprint density at radius 3 is 2.65 bits per heavy atom. The molecule has 124 valence electrons. The van der Waals surface area contributed by atoms with Crippen LogP contribution >= 0.6 is 0 Å². The predicted molar refractivity (Wildman–Crippen MR) is 92.7 cm³/mol. The third-order valence-electron chi connectivity index (χ3n) is 5.48. The van der Waals surface area contributed by atoms with Crippen molar-refractivity contribution in [1.29, 1.82) is 0 Å². The van der Waals surface area contributed by atoms with Crippen LogP contribution in [0.4, 0.5) is 5.69 Å². The molecule has 2 aliphatic heterocycles. The van der Waals surface area contributed by atoms with Crippen LogP contribution in [0.1, 0.15) is 31.2 Å². The lowest BCUT2D eigenvalue weighted by molar-refractivity contribution is -0.122. The summed E-state index contributed by atoms with van der Waals surface area (Å²) in [5.41, 5.74) is 2.94. The Morgan fingerprint density at radius 2 is 1.87 bits per heavy atom.